The molecule has 98 valence electrons. The molecule has 0 bridgehead atoms. The Morgan fingerprint density at radius 1 is 1.33 bits per heavy atom. The molecule has 5 heteroatoms. The van der Waals surface area contributed by atoms with Crippen molar-refractivity contribution in [1.82, 2.24) is 5.32 Å². The van der Waals surface area contributed by atoms with Crippen molar-refractivity contribution in [3.8, 4) is 0 Å². The van der Waals surface area contributed by atoms with Gasteiger partial charge in [-0.3, -0.25) is 9.59 Å². The van der Waals surface area contributed by atoms with Gasteiger partial charge in [-0.1, -0.05) is 18.2 Å². The van der Waals surface area contributed by atoms with Crippen LogP contribution in [-0.2, 0) is 15.0 Å². The third-order valence-electron chi connectivity index (χ3n) is 2.89. The number of halogens is 1. The first-order valence-electron chi connectivity index (χ1n) is 5.62. The van der Waals surface area contributed by atoms with E-state index in [9.17, 15) is 14.0 Å². The molecule has 0 heterocycles. The Labute approximate surface area is 105 Å². The second-order valence-electron chi connectivity index (χ2n) is 4.70. The molecule has 1 aromatic carbocycles. The highest BCUT2D eigenvalue weighted by atomic mass is 19.1. The molecule has 4 nitrogen and oxygen atoms in total. The highest BCUT2D eigenvalue weighted by Crippen LogP contribution is 2.25. The number of nitrogens with one attached hydrogen (secondary N) is 1. The average Bonchev–Trinajstić information content (AvgIpc) is 2.28. The first kappa shape index (κ1) is 14.2. The summed E-state index contributed by atoms with van der Waals surface area (Å²) in [4.78, 5) is 22.9. The van der Waals surface area contributed by atoms with Crippen molar-refractivity contribution >= 4 is 11.8 Å². The molecule has 1 aromatic rings. The lowest BCUT2D eigenvalue weighted by atomic mass is 9.83. The van der Waals surface area contributed by atoms with Crippen LogP contribution in [0.25, 0.3) is 0 Å². The molecule has 18 heavy (non-hydrogen) atoms. The van der Waals surface area contributed by atoms with E-state index in [2.05, 4.69) is 5.32 Å². The third kappa shape index (κ3) is 2.85. The number of nitrogens with two attached hydrogens (primary N) is 1. The minimum atomic E-state index is -1.07. The summed E-state index contributed by atoms with van der Waals surface area (Å²) in [7, 11) is 0. The van der Waals surface area contributed by atoms with E-state index in [-0.39, 0.29) is 5.56 Å². The van der Waals surface area contributed by atoms with Gasteiger partial charge in [0.05, 0.1) is 5.41 Å². The van der Waals surface area contributed by atoms with Crippen LogP contribution in [0, 0.1) is 5.82 Å². The van der Waals surface area contributed by atoms with Crippen LogP contribution in [0.4, 0.5) is 4.39 Å². The van der Waals surface area contributed by atoms with Crippen LogP contribution in [0.5, 0.6) is 0 Å². The van der Waals surface area contributed by atoms with E-state index in [1.807, 2.05) is 0 Å². The molecule has 0 spiro atoms. The Kier molecular flexibility index (Phi) is 4.06. The van der Waals surface area contributed by atoms with E-state index in [0.717, 1.165) is 0 Å². The van der Waals surface area contributed by atoms with Gasteiger partial charge in [0.1, 0.15) is 11.9 Å². The number of primary amides is 1. The average molecular weight is 252 g/mol. The van der Waals surface area contributed by atoms with E-state index >= 15 is 0 Å². The summed E-state index contributed by atoms with van der Waals surface area (Å²) in [5.41, 5.74) is 4.27. The molecule has 0 aliphatic rings. The molecule has 0 saturated heterocycles. The zero-order valence-electron chi connectivity index (χ0n) is 10.7. The number of carbonyl (C=O) groups excluding carboxylic acids is 2. The third-order valence-corrected chi connectivity index (χ3v) is 2.89. The zero-order valence-corrected chi connectivity index (χ0v) is 10.7. The lowest BCUT2D eigenvalue weighted by molar-refractivity contribution is -0.130. The number of amides is 2. The summed E-state index contributed by atoms with van der Waals surface area (Å²) in [6.45, 7) is 4.67. The van der Waals surface area contributed by atoms with E-state index in [1.165, 1.54) is 13.0 Å². The van der Waals surface area contributed by atoms with Crippen LogP contribution in [0.2, 0.25) is 0 Å². The summed E-state index contributed by atoms with van der Waals surface area (Å²) >= 11 is 0. The topological polar surface area (TPSA) is 72.2 Å². The maximum Gasteiger partial charge on any atom is 0.239 e. The van der Waals surface area contributed by atoms with Crippen LogP contribution in [0.1, 0.15) is 26.3 Å². The van der Waals surface area contributed by atoms with Crippen LogP contribution >= 0.6 is 0 Å². The smallest absolute Gasteiger partial charge is 0.239 e. The summed E-state index contributed by atoms with van der Waals surface area (Å²) < 4.78 is 13.7. The van der Waals surface area contributed by atoms with Crippen LogP contribution in [-0.4, -0.2) is 17.9 Å². The zero-order chi connectivity index (χ0) is 13.9. The summed E-state index contributed by atoms with van der Waals surface area (Å²) in [6, 6.07) is 5.26. The lowest BCUT2D eigenvalue weighted by Crippen LogP contribution is -2.49. The van der Waals surface area contributed by atoms with Crippen molar-refractivity contribution in [3.05, 3.63) is 35.6 Å². The van der Waals surface area contributed by atoms with Crippen molar-refractivity contribution in [2.75, 3.05) is 0 Å². The monoisotopic (exact) mass is 252 g/mol. The number of hydrogen-bond acceptors (Lipinski definition) is 2. The molecule has 0 radical (unpaired) electrons. The van der Waals surface area contributed by atoms with Gasteiger partial charge in [0.25, 0.3) is 0 Å². The number of rotatable bonds is 4. The number of benzene rings is 1. The van der Waals surface area contributed by atoms with Gasteiger partial charge < -0.3 is 11.1 Å². The Morgan fingerprint density at radius 2 is 1.89 bits per heavy atom. The van der Waals surface area contributed by atoms with Crippen molar-refractivity contribution in [3.63, 3.8) is 0 Å². The predicted octanol–water partition coefficient (Wildman–Crippen LogP) is 1.09. The van der Waals surface area contributed by atoms with E-state index in [0.29, 0.717) is 0 Å². The molecule has 0 aromatic heterocycles. The molecule has 0 aliphatic heterocycles. The summed E-state index contributed by atoms with van der Waals surface area (Å²) in [5, 5.41) is 2.47. The van der Waals surface area contributed by atoms with Gasteiger partial charge in [-0.15, -0.1) is 0 Å². The fourth-order valence-corrected chi connectivity index (χ4v) is 1.54. The minimum absolute atomic E-state index is 0.277. The van der Waals surface area contributed by atoms with Gasteiger partial charge in [-0.05, 0) is 26.8 Å². The SMILES string of the molecule is C[C@@H](NC(=O)C(C)(C)c1ccccc1F)C(N)=O. The van der Waals surface area contributed by atoms with E-state index in [1.54, 1.807) is 32.0 Å². The molecule has 0 aliphatic carbocycles. The first-order chi connectivity index (χ1) is 8.26. The molecular formula is C13H17FN2O2. The quantitative estimate of drug-likeness (QED) is 0.842. The first-order valence-corrected chi connectivity index (χ1v) is 5.62. The van der Waals surface area contributed by atoms with Crippen LogP contribution in [0.15, 0.2) is 24.3 Å². The van der Waals surface area contributed by atoms with Gasteiger partial charge in [0.15, 0.2) is 0 Å². The molecule has 2 amide bonds. The van der Waals surface area contributed by atoms with Crippen molar-refractivity contribution in [1.29, 1.82) is 0 Å². The second kappa shape index (κ2) is 5.16. The van der Waals surface area contributed by atoms with Gasteiger partial charge >= 0.3 is 0 Å². The van der Waals surface area contributed by atoms with Gasteiger partial charge in [-0.25, -0.2) is 4.39 Å². The Morgan fingerprint density at radius 3 is 2.39 bits per heavy atom. The lowest BCUT2D eigenvalue weighted by Gasteiger charge is -2.26. The highest BCUT2D eigenvalue weighted by Gasteiger charge is 2.33. The Hall–Kier alpha value is -1.91. The fourth-order valence-electron chi connectivity index (χ4n) is 1.54. The van der Waals surface area contributed by atoms with Gasteiger partial charge in [0, 0.05) is 5.56 Å². The maximum absolute atomic E-state index is 13.7. The largest absolute Gasteiger partial charge is 0.368 e. The van der Waals surface area contributed by atoms with Crippen molar-refractivity contribution < 1.29 is 14.0 Å². The molecule has 0 saturated carbocycles. The summed E-state index contributed by atoms with van der Waals surface area (Å²) in [5.74, 6) is -1.53. The van der Waals surface area contributed by atoms with Crippen LogP contribution < -0.4 is 11.1 Å². The molecule has 1 atom stereocenters. The second-order valence-corrected chi connectivity index (χ2v) is 4.70. The molecule has 0 unspecified atom stereocenters. The van der Waals surface area contributed by atoms with Crippen LogP contribution in [0.3, 0.4) is 0 Å². The number of hydrogen-bond donors (Lipinski definition) is 2. The molecular weight excluding hydrogens is 235 g/mol. The van der Waals surface area contributed by atoms with Crippen molar-refractivity contribution in [2.24, 2.45) is 5.73 Å². The molecule has 0 fully saturated rings. The summed E-state index contributed by atoms with van der Waals surface area (Å²) in [6.07, 6.45) is 0. The van der Waals surface area contributed by atoms with E-state index in [4.69, 9.17) is 5.73 Å². The molecule has 3 N–H and O–H groups in total. The maximum atomic E-state index is 13.7. The normalized spacial score (nSPS) is 12.9. The van der Waals surface area contributed by atoms with Crippen molar-refractivity contribution in [2.45, 2.75) is 32.2 Å². The van der Waals surface area contributed by atoms with Gasteiger partial charge in [-0.2, -0.15) is 0 Å². The Bertz CT molecular complexity index is 472. The fraction of sp³-hybridized carbons (Fsp3) is 0.385. The van der Waals surface area contributed by atoms with Gasteiger partial charge in [0.2, 0.25) is 11.8 Å². The standard InChI is InChI=1S/C13H17FN2O2/c1-8(11(15)17)16-12(18)13(2,3)9-6-4-5-7-10(9)14/h4-8H,1-3H3,(H2,15,17)(H,16,18)/t8-/m1/s1. The minimum Gasteiger partial charge on any atom is -0.368 e. The number of carbonyl (C=O) groups is 2. The Balaban J connectivity index is 2.97. The highest BCUT2D eigenvalue weighted by molar-refractivity contribution is 5.91. The molecule has 1 rings (SSSR count). The van der Waals surface area contributed by atoms with E-state index < -0.39 is 29.1 Å². The predicted molar refractivity (Wildman–Crippen MR) is 66.2 cm³/mol.